The Morgan fingerprint density at radius 3 is 2.66 bits per heavy atom. The van der Waals surface area contributed by atoms with Crippen LogP contribution in [0.3, 0.4) is 0 Å². The molecule has 32 heavy (non-hydrogen) atoms. The largest absolute Gasteiger partial charge is 0.482 e. The lowest BCUT2D eigenvalue weighted by Gasteiger charge is -2.09. The summed E-state index contributed by atoms with van der Waals surface area (Å²) in [6, 6.07) is 4.70. The van der Waals surface area contributed by atoms with Gasteiger partial charge < -0.3 is 19.9 Å². The summed E-state index contributed by atoms with van der Waals surface area (Å²) in [5.41, 5.74) is 1.89. The molecule has 0 bridgehead atoms. The molecule has 0 spiro atoms. The van der Waals surface area contributed by atoms with Crippen molar-refractivity contribution in [2.24, 2.45) is 0 Å². The Balaban J connectivity index is 1.39. The molecule has 0 fully saturated rings. The van der Waals surface area contributed by atoms with Gasteiger partial charge in [-0.15, -0.1) is 0 Å². The van der Waals surface area contributed by atoms with Crippen molar-refractivity contribution < 1.29 is 18.8 Å². The van der Waals surface area contributed by atoms with Crippen LogP contribution in [0.15, 0.2) is 22.7 Å². The van der Waals surface area contributed by atoms with Gasteiger partial charge in [0.1, 0.15) is 12.3 Å². The van der Waals surface area contributed by atoms with E-state index in [9.17, 15) is 9.59 Å². The van der Waals surface area contributed by atoms with Crippen molar-refractivity contribution in [2.75, 3.05) is 19.7 Å². The van der Waals surface area contributed by atoms with Gasteiger partial charge in [-0.3, -0.25) is 14.3 Å². The van der Waals surface area contributed by atoms with Crippen LogP contribution in [0.5, 0.6) is 5.75 Å². The topological polar surface area (TPSA) is 124 Å². The third-order valence-corrected chi connectivity index (χ3v) is 6.32. The zero-order valence-electron chi connectivity index (χ0n) is 17.1. The van der Waals surface area contributed by atoms with Crippen LogP contribution in [0.2, 0.25) is 10.0 Å². The molecule has 3 aromatic rings. The first kappa shape index (κ1) is 24.3. The molecule has 10 nitrogen and oxygen atoms in total. The molecule has 0 saturated heterocycles. The average Bonchev–Trinajstić information content (AvgIpc) is 3.31. The fraction of sp³-hybridized carbons (Fsp3) is 0.316. The van der Waals surface area contributed by atoms with Gasteiger partial charge in [0.15, 0.2) is 12.4 Å². The van der Waals surface area contributed by atoms with E-state index in [1.165, 1.54) is 6.07 Å². The minimum absolute atomic E-state index is 0.164. The molecule has 2 N–H and O–H groups in total. The molecular formula is C19H19Cl2IN6O4. The standard InChI is InChI=1S/C19H19Cl2IN6O4/c1-10-17(22)11(2)28(26-10)8-15-25-19(32-27-15)18(30)24-6-5-23-16(29)9-31-14-4-3-12(20)7-13(14)21/h3-4,7H,5-6,8-9H2,1-2H3,(H,23,29)(H,24,30). The maximum absolute atomic E-state index is 12.2. The zero-order valence-corrected chi connectivity index (χ0v) is 20.8. The smallest absolute Gasteiger partial charge is 0.316 e. The molecule has 0 saturated carbocycles. The van der Waals surface area contributed by atoms with E-state index < -0.39 is 5.91 Å². The van der Waals surface area contributed by atoms with Gasteiger partial charge in [-0.2, -0.15) is 10.1 Å². The van der Waals surface area contributed by atoms with Crippen LogP contribution in [0.4, 0.5) is 0 Å². The van der Waals surface area contributed by atoms with E-state index >= 15 is 0 Å². The summed E-state index contributed by atoms with van der Waals surface area (Å²) < 4.78 is 13.2. The number of amides is 2. The fourth-order valence-electron chi connectivity index (χ4n) is 2.61. The van der Waals surface area contributed by atoms with Crippen LogP contribution in [-0.4, -0.2) is 51.4 Å². The van der Waals surface area contributed by atoms with Crippen molar-refractivity contribution >= 4 is 57.6 Å². The summed E-state index contributed by atoms with van der Waals surface area (Å²) in [6.45, 7) is 4.28. The zero-order chi connectivity index (χ0) is 23.3. The summed E-state index contributed by atoms with van der Waals surface area (Å²) >= 11 is 14.0. The maximum atomic E-state index is 12.2. The second-order valence-electron chi connectivity index (χ2n) is 6.63. The Morgan fingerprint density at radius 1 is 1.22 bits per heavy atom. The molecule has 170 valence electrons. The number of aromatic nitrogens is 4. The van der Waals surface area contributed by atoms with Crippen LogP contribution < -0.4 is 15.4 Å². The predicted octanol–water partition coefficient (Wildman–Crippen LogP) is 2.77. The number of benzene rings is 1. The van der Waals surface area contributed by atoms with E-state index in [1.54, 1.807) is 16.8 Å². The highest BCUT2D eigenvalue weighted by Gasteiger charge is 2.17. The first-order chi connectivity index (χ1) is 15.2. The minimum Gasteiger partial charge on any atom is -0.482 e. The number of halogens is 3. The molecule has 3 rings (SSSR count). The maximum Gasteiger partial charge on any atom is 0.316 e. The number of ether oxygens (including phenoxy) is 1. The molecule has 1 aromatic carbocycles. The highest BCUT2D eigenvalue weighted by Crippen LogP contribution is 2.27. The lowest BCUT2D eigenvalue weighted by Crippen LogP contribution is -2.36. The lowest BCUT2D eigenvalue weighted by molar-refractivity contribution is -0.123. The van der Waals surface area contributed by atoms with Gasteiger partial charge in [0.05, 0.1) is 14.3 Å². The molecule has 0 aliphatic rings. The SMILES string of the molecule is Cc1nn(Cc2noc(C(=O)NCCNC(=O)COc3ccc(Cl)cc3Cl)n2)c(C)c1I. The quantitative estimate of drug-likeness (QED) is 0.289. The van der Waals surface area contributed by atoms with Crippen molar-refractivity contribution in [1.82, 2.24) is 30.6 Å². The molecule has 13 heteroatoms. The van der Waals surface area contributed by atoms with Crippen molar-refractivity contribution in [3.8, 4) is 5.75 Å². The van der Waals surface area contributed by atoms with Gasteiger partial charge in [-0.05, 0) is 54.6 Å². The average molecular weight is 593 g/mol. The molecule has 2 amide bonds. The van der Waals surface area contributed by atoms with E-state index in [0.29, 0.717) is 28.2 Å². The summed E-state index contributed by atoms with van der Waals surface area (Å²) in [6.07, 6.45) is 0. The summed E-state index contributed by atoms with van der Waals surface area (Å²) in [5.74, 6) is -0.386. The van der Waals surface area contributed by atoms with E-state index in [1.807, 2.05) is 13.8 Å². The monoisotopic (exact) mass is 592 g/mol. The number of nitrogens with one attached hydrogen (secondary N) is 2. The van der Waals surface area contributed by atoms with Gasteiger partial charge >= 0.3 is 11.8 Å². The third-order valence-electron chi connectivity index (χ3n) is 4.23. The number of nitrogens with zero attached hydrogens (tertiary/aromatic N) is 4. The molecule has 0 atom stereocenters. The van der Waals surface area contributed by atoms with Crippen LogP contribution in [-0.2, 0) is 11.3 Å². The molecule has 0 unspecified atom stereocenters. The number of rotatable bonds is 9. The Bertz CT molecular complexity index is 1130. The lowest BCUT2D eigenvalue weighted by atomic mass is 10.3. The molecule has 0 aliphatic heterocycles. The van der Waals surface area contributed by atoms with Crippen LogP contribution in [0, 0.1) is 17.4 Å². The van der Waals surface area contributed by atoms with E-state index in [2.05, 4.69) is 48.5 Å². The number of carbonyl (C=O) groups is 2. The van der Waals surface area contributed by atoms with Gasteiger partial charge in [-0.1, -0.05) is 28.4 Å². The number of aryl methyl sites for hydroxylation is 1. The number of hydrogen-bond acceptors (Lipinski definition) is 7. The van der Waals surface area contributed by atoms with E-state index in [0.717, 1.165) is 15.0 Å². The van der Waals surface area contributed by atoms with Gasteiger partial charge in [0.25, 0.3) is 5.91 Å². The van der Waals surface area contributed by atoms with E-state index in [4.69, 9.17) is 32.5 Å². The Morgan fingerprint density at radius 2 is 1.97 bits per heavy atom. The van der Waals surface area contributed by atoms with Gasteiger partial charge in [0, 0.05) is 23.8 Å². The molecule has 2 heterocycles. The Hall–Kier alpha value is -2.38. The number of hydrogen-bond donors (Lipinski definition) is 2. The minimum atomic E-state index is -0.537. The third kappa shape index (κ3) is 6.33. The Labute approximate surface area is 207 Å². The fourth-order valence-corrected chi connectivity index (χ4v) is 3.46. The first-order valence-electron chi connectivity index (χ1n) is 9.39. The van der Waals surface area contributed by atoms with Crippen molar-refractivity contribution in [2.45, 2.75) is 20.4 Å². The van der Waals surface area contributed by atoms with Crippen LogP contribution in [0.25, 0.3) is 0 Å². The van der Waals surface area contributed by atoms with E-state index in [-0.39, 0.29) is 31.5 Å². The normalized spacial score (nSPS) is 10.8. The molecule has 0 radical (unpaired) electrons. The summed E-state index contributed by atoms with van der Waals surface area (Å²) in [5, 5.41) is 14.2. The van der Waals surface area contributed by atoms with Crippen molar-refractivity contribution in [3.05, 3.63) is 54.9 Å². The Kier molecular flexibility index (Phi) is 8.32. The summed E-state index contributed by atoms with van der Waals surface area (Å²) in [7, 11) is 0. The molecule has 2 aromatic heterocycles. The van der Waals surface area contributed by atoms with Crippen molar-refractivity contribution in [3.63, 3.8) is 0 Å². The predicted molar refractivity (Wildman–Crippen MR) is 125 cm³/mol. The summed E-state index contributed by atoms with van der Waals surface area (Å²) in [4.78, 5) is 28.1. The second kappa shape index (κ2) is 11.0. The van der Waals surface area contributed by atoms with Crippen LogP contribution >= 0.6 is 45.8 Å². The van der Waals surface area contributed by atoms with Gasteiger partial charge in [-0.25, -0.2) is 0 Å². The number of carbonyl (C=O) groups excluding carboxylic acids is 2. The van der Waals surface area contributed by atoms with Crippen molar-refractivity contribution in [1.29, 1.82) is 0 Å². The second-order valence-corrected chi connectivity index (χ2v) is 8.55. The van der Waals surface area contributed by atoms with Crippen LogP contribution in [0.1, 0.15) is 27.9 Å². The first-order valence-corrected chi connectivity index (χ1v) is 11.2. The molecular weight excluding hydrogens is 574 g/mol. The highest BCUT2D eigenvalue weighted by atomic mass is 127. The molecule has 0 aliphatic carbocycles. The highest BCUT2D eigenvalue weighted by molar-refractivity contribution is 14.1. The van der Waals surface area contributed by atoms with Gasteiger partial charge in [0.2, 0.25) is 0 Å².